The van der Waals surface area contributed by atoms with Gasteiger partial charge in [0.05, 0.1) is 12.1 Å². The van der Waals surface area contributed by atoms with Crippen LogP contribution < -0.4 is 31.9 Å². The van der Waals surface area contributed by atoms with Crippen LogP contribution in [0.1, 0.15) is 127 Å². The maximum absolute atomic E-state index is 14.4. The zero-order chi connectivity index (χ0) is 57.5. The van der Waals surface area contributed by atoms with Crippen LogP contribution in [0, 0.1) is 10.8 Å². The molecule has 2 aliphatic rings. The molecule has 0 aliphatic carbocycles. The van der Waals surface area contributed by atoms with Gasteiger partial charge in [-0.2, -0.15) is 0 Å². The van der Waals surface area contributed by atoms with Gasteiger partial charge in [0.25, 0.3) is 11.8 Å². The molecule has 2 fully saturated rings. The van der Waals surface area contributed by atoms with Crippen LogP contribution in [0.2, 0.25) is 0 Å². The first-order valence-electron chi connectivity index (χ1n) is 27.8. The van der Waals surface area contributed by atoms with Gasteiger partial charge in [0.15, 0.2) is 0 Å². The lowest BCUT2D eigenvalue weighted by Crippen LogP contribution is -2.59. The lowest BCUT2D eigenvalue weighted by Gasteiger charge is -2.38. The molecule has 3 aromatic rings. The first kappa shape index (κ1) is 62.2. The molecule has 5 rings (SSSR count). The van der Waals surface area contributed by atoms with E-state index >= 15 is 0 Å². The molecule has 18 nitrogen and oxygen atoms in total. The summed E-state index contributed by atoms with van der Waals surface area (Å²) in [5.74, 6) is -2.65. The molecule has 8 amide bonds. The van der Waals surface area contributed by atoms with Crippen molar-refractivity contribution in [1.29, 1.82) is 0 Å². The summed E-state index contributed by atoms with van der Waals surface area (Å²) in [7, 11) is 3.37. The van der Waals surface area contributed by atoms with Gasteiger partial charge in [-0.05, 0) is 127 Å². The number of nitrogens with zero attached hydrogens (tertiary/aromatic N) is 4. The Kier molecular flexibility index (Phi) is 22.6. The zero-order valence-electron chi connectivity index (χ0n) is 48.2. The summed E-state index contributed by atoms with van der Waals surface area (Å²) in [4.78, 5) is 118. The van der Waals surface area contributed by atoms with Crippen LogP contribution in [-0.4, -0.2) is 169 Å². The minimum Gasteiger partial charge on any atom is -0.342 e. The highest BCUT2D eigenvalue weighted by Gasteiger charge is 2.43. The number of benzene rings is 3. The fraction of sp³-hybridized carbons (Fsp3) is 0.567. The number of likely N-dealkylation sites (tertiary alicyclic amines) is 2. The minimum atomic E-state index is -0.953. The molecule has 8 atom stereocenters. The van der Waals surface area contributed by atoms with Gasteiger partial charge in [-0.25, -0.2) is 0 Å². The number of rotatable bonds is 24. The molecular weight excluding hydrogens is 989 g/mol. The summed E-state index contributed by atoms with van der Waals surface area (Å²) in [5.41, 5.74) is 1.31. The second-order valence-electron chi connectivity index (χ2n) is 23.3. The Morgan fingerprint density at radius 1 is 0.500 bits per heavy atom. The third-order valence-corrected chi connectivity index (χ3v) is 15.1. The summed E-state index contributed by atoms with van der Waals surface area (Å²) in [6, 6.07) is 20.4. The third kappa shape index (κ3) is 17.2. The highest BCUT2D eigenvalue weighted by atomic mass is 16.2. The number of likely N-dealkylation sites (N-methyl/N-ethyl adjacent to an activating group) is 2. The highest BCUT2D eigenvalue weighted by molar-refractivity contribution is 6.01. The third-order valence-electron chi connectivity index (χ3n) is 15.1. The van der Waals surface area contributed by atoms with Gasteiger partial charge in [0, 0.05) is 62.5 Å². The fourth-order valence-corrected chi connectivity index (χ4v) is 9.97. The molecule has 2 saturated heterocycles. The average molecular weight is 1080 g/mol. The van der Waals surface area contributed by atoms with Crippen molar-refractivity contribution in [3.8, 4) is 0 Å². The number of carbonyl (C=O) groups is 8. The Morgan fingerprint density at radius 2 is 0.833 bits per heavy atom. The molecule has 0 bridgehead atoms. The molecule has 0 radical (unpaired) electrons. The summed E-state index contributed by atoms with van der Waals surface area (Å²) in [6.45, 7) is 20.3. The van der Waals surface area contributed by atoms with Crippen molar-refractivity contribution in [1.82, 2.24) is 51.5 Å². The van der Waals surface area contributed by atoms with E-state index in [1.54, 1.807) is 61.4 Å². The summed E-state index contributed by atoms with van der Waals surface area (Å²) >= 11 is 0. The van der Waals surface area contributed by atoms with Crippen molar-refractivity contribution < 1.29 is 38.4 Å². The molecule has 0 spiro atoms. The second-order valence-corrected chi connectivity index (χ2v) is 23.3. The Morgan fingerprint density at radius 3 is 1.14 bits per heavy atom. The molecule has 3 aromatic carbocycles. The van der Waals surface area contributed by atoms with E-state index in [9.17, 15) is 38.4 Å². The van der Waals surface area contributed by atoms with E-state index in [-0.39, 0.29) is 71.7 Å². The van der Waals surface area contributed by atoms with Gasteiger partial charge in [0.2, 0.25) is 35.4 Å². The first-order valence-corrected chi connectivity index (χ1v) is 27.8. The normalized spacial score (nSPS) is 17.9. The van der Waals surface area contributed by atoms with Crippen molar-refractivity contribution in [3.63, 3.8) is 0 Å². The predicted molar refractivity (Wildman–Crippen MR) is 303 cm³/mol. The number of amides is 8. The number of hydrogen-bond donors (Lipinski definition) is 6. The number of nitrogens with one attached hydrogen (secondary N) is 6. The number of hydrogen-bond acceptors (Lipinski definition) is 10. The van der Waals surface area contributed by atoms with Crippen molar-refractivity contribution in [2.24, 2.45) is 10.8 Å². The largest absolute Gasteiger partial charge is 0.342 e. The predicted octanol–water partition coefficient (Wildman–Crippen LogP) is 4.33. The maximum atomic E-state index is 14.4. The lowest BCUT2D eigenvalue weighted by atomic mass is 9.85. The molecule has 2 heterocycles. The standard InChI is InChI=1S/C60H88N10O8/c1-39(61-11)51(71)65-49(59(5,6)7)57(77)69-33-19-25-47(69)37-67(35-31-43-21-15-13-16-22-43)55(75)41(3)63-53(73)45-27-29-46(30-28-45)54(74)64-42(4)56(76)68(36-32-44-23-17-14-18-24-44)38-48-26-20-34-70(48)58(78)50(60(8,9)10)66-52(72)40(2)62-12/h13-18,21-24,27-30,39-42,47-50,61-62H,19-20,25-26,31-38H2,1-12H3,(H,63,73)(H,64,74)(H,65,71)(H,66,72)/t39-,40-,41-,42-,47-,48+,49+,50+/m0/s1. The van der Waals surface area contributed by atoms with Crippen LogP contribution in [0.5, 0.6) is 0 Å². The number of carbonyl (C=O) groups excluding carboxylic acids is 8. The molecule has 0 saturated carbocycles. The van der Waals surface area contributed by atoms with E-state index in [1.165, 1.54) is 24.3 Å². The Bertz CT molecular complexity index is 2340. The molecule has 2 aliphatic heterocycles. The van der Waals surface area contributed by atoms with Crippen molar-refractivity contribution >= 4 is 47.3 Å². The molecule has 0 unspecified atom stereocenters. The van der Waals surface area contributed by atoms with Gasteiger partial charge >= 0.3 is 0 Å². The molecular formula is C60H88N10O8. The van der Waals surface area contributed by atoms with Crippen LogP contribution in [0.4, 0.5) is 0 Å². The molecule has 18 heteroatoms. The van der Waals surface area contributed by atoms with Crippen LogP contribution in [-0.2, 0) is 41.6 Å². The summed E-state index contributed by atoms with van der Waals surface area (Å²) < 4.78 is 0. The van der Waals surface area contributed by atoms with E-state index in [4.69, 9.17) is 0 Å². The first-order chi connectivity index (χ1) is 36.8. The smallest absolute Gasteiger partial charge is 0.251 e. The van der Waals surface area contributed by atoms with Crippen molar-refractivity contribution in [2.45, 2.75) is 156 Å². The lowest BCUT2D eigenvalue weighted by molar-refractivity contribution is -0.142. The van der Waals surface area contributed by atoms with Gasteiger partial charge in [-0.1, -0.05) is 102 Å². The highest BCUT2D eigenvalue weighted by Crippen LogP contribution is 2.29. The summed E-state index contributed by atoms with van der Waals surface area (Å²) in [5, 5.41) is 17.5. The summed E-state index contributed by atoms with van der Waals surface area (Å²) in [6.07, 6.45) is 3.90. The fourth-order valence-electron chi connectivity index (χ4n) is 9.97. The van der Waals surface area contributed by atoms with Crippen molar-refractivity contribution in [2.75, 3.05) is 53.4 Å². The van der Waals surface area contributed by atoms with Gasteiger partial charge in [-0.3, -0.25) is 38.4 Å². The van der Waals surface area contributed by atoms with Gasteiger partial charge in [0.1, 0.15) is 24.2 Å². The quantitative estimate of drug-likeness (QED) is 0.0746. The zero-order valence-corrected chi connectivity index (χ0v) is 48.2. The minimum absolute atomic E-state index is 0.201. The average Bonchev–Trinajstić information content (AvgIpc) is 4.10. The molecule has 6 N–H and O–H groups in total. The van der Waals surface area contributed by atoms with Crippen LogP contribution in [0.3, 0.4) is 0 Å². The molecule has 0 aromatic heterocycles. The maximum Gasteiger partial charge on any atom is 0.251 e. The SMILES string of the molecule is CN[C@@H](C)C(=O)N[C@H](C(=O)N1CCC[C@@H]1CN(CCc1ccccc1)C(=O)[C@H](C)NC(=O)c1ccc(C(=O)N[C@@H](C)C(=O)N(CCc2ccccc2)C[C@@H]2CCCN2C(=O)[C@@H](NC(=O)[C@H](C)NC)C(C)(C)C)cc1)C(C)(C)C. The van der Waals surface area contributed by atoms with Gasteiger partial charge < -0.3 is 51.5 Å². The monoisotopic (exact) mass is 1080 g/mol. The van der Waals surface area contributed by atoms with Crippen LogP contribution >= 0.6 is 0 Å². The Balaban J connectivity index is 1.26. The van der Waals surface area contributed by atoms with Crippen molar-refractivity contribution in [3.05, 3.63) is 107 Å². The second kappa shape index (κ2) is 28.3. The molecule has 426 valence electrons. The van der Waals surface area contributed by atoms with E-state index in [0.29, 0.717) is 51.9 Å². The molecule has 78 heavy (non-hydrogen) atoms. The van der Waals surface area contributed by atoms with E-state index in [2.05, 4.69) is 31.9 Å². The van der Waals surface area contributed by atoms with Gasteiger partial charge in [-0.15, -0.1) is 0 Å². The van der Waals surface area contributed by atoms with Crippen LogP contribution in [0.25, 0.3) is 0 Å². The Hall–Kier alpha value is -6.66. The Labute approximate surface area is 462 Å². The van der Waals surface area contributed by atoms with Crippen LogP contribution in [0.15, 0.2) is 84.9 Å². The topological polar surface area (TPSA) is 222 Å². The van der Waals surface area contributed by atoms with E-state index < -0.39 is 58.9 Å². The van der Waals surface area contributed by atoms with E-state index in [0.717, 1.165) is 24.0 Å². The van der Waals surface area contributed by atoms with E-state index in [1.807, 2.05) is 102 Å².